The van der Waals surface area contributed by atoms with Gasteiger partial charge >= 0.3 is 0 Å². The Morgan fingerprint density at radius 3 is 2.37 bits per heavy atom. The fourth-order valence-electron chi connectivity index (χ4n) is 12.3. The van der Waals surface area contributed by atoms with Crippen LogP contribution in [0, 0.1) is 29.6 Å². The fourth-order valence-corrected chi connectivity index (χ4v) is 12.3. The molecule has 9 aliphatic rings. The third kappa shape index (κ3) is 7.25. The van der Waals surface area contributed by atoms with E-state index in [4.69, 9.17) is 4.74 Å². The molecule has 1 aromatic rings. The highest BCUT2D eigenvalue weighted by atomic mass is 16.5. The van der Waals surface area contributed by atoms with Crippen molar-refractivity contribution in [2.24, 2.45) is 29.6 Å². The second-order valence-corrected chi connectivity index (χ2v) is 18.2. The summed E-state index contributed by atoms with van der Waals surface area (Å²) >= 11 is 0. The lowest BCUT2D eigenvalue weighted by Crippen LogP contribution is -2.68. The van der Waals surface area contributed by atoms with Crippen LogP contribution in [0.5, 0.6) is 5.75 Å². The Morgan fingerprint density at radius 2 is 1.54 bits per heavy atom. The van der Waals surface area contributed by atoms with Crippen LogP contribution in [0.3, 0.4) is 0 Å². The van der Waals surface area contributed by atoms with Crippen LogP contribution < -0.4 is 20.7 Å². The molecule has 7 aliphatic carbocycles. The molecule has 4 heteroatoms. The van der Waals surface area contributed by atoms with Gasteiger partial charge in [-0.25, -0.2) is 0 Å². The lowest BCUT2D eigenvalue weighted by molar-refractivity contribution is 0.00568. The highest BCUT2D eigenvalue weighted by Crippen LogP contribution is 2.60. The Kier molecular flexibility index (Phi) is 10.9. The molecule has 1 aromatic carbocycles. The maximum Gasteiger partial charge on any atom is 0.123 e. The Bertz CT molecular complexity index is 2010. The van der Waals surface area contributed by atoms with Crippen LogP contribution >= 0.6 is 0 Å². The van der Waals surface area contributed by atoms with E-state index in [1.807, 2.05) is 0 Å². The quantitative estimate of drug-likeness (QED) is 0.242. The molecule has 0 spiro atoms. The van der Waals surface area contributed by atoms with Crippen LogP contribution in [0.25, 0.3) is 0 Å². The van der Waals surface area contributed by atoms with Crippen LogP contribution in [0.4, 0.5) is 0 Å². The third-order valence-electron chi connectivity index (χ3n) is 15.1. The first kappa shape index (κ1) is 37.3. The number of hydrogen-bond acceptors (Lipinski definition) is 4. The Balaban J connectivity index is 0.976. The largest absolute Gasteiger partial charge is 0.489 e. The average molecular weight is 758 g/mol. The number of allylic oxidation sites excluding steroid dienone is 16. The predicted octanol–water partition coefficient (Wildman–Crippen LogP) is 11.4. The summed E-state index contributed by atoms with van der Waals surface area (Å²) in [5.74, 6) is 3.81. The lowest BCUT2D eigenvalue weighted by Gasteiger charge is -2.57. The molecule has 1 saturated heterocycles. The summed E-state index contributed by atoms with van der Waals surface area (Å²) in [5.41, 5.74) is 8.93. The van der Waals surface area contributed by atoms with E-state index < -0.39 is 0 Å². The zero-order chi connectivity index (χ0) is 38.0. The topological polar surface area (TPSA) is 45.3 Å². The minimum atomic E-state index is 0.00850. The maximum atomic E-state index is 6.86. The smallest absolute Gasteiger partial charge is 0.123 e. The van der Waals surface area contributed by atoms with Crippen molar-refractivity contribution in [2.75, 3.05) is 0 Å². The second-order valence-electron chi connectivity index (χ2n) is 18.2. The number of para-hydroxylation sites is 1. The predicted molar refractivity (Wildman–Crippen MR) is 235 cm³/mol. The van der Waals surface area contributed by atoms with Crippen LogP contribution in [0.1, 0.15) is 102 Å². The lowest BCUT2D eigenvalue weighted by atomic mass is 9.49. The van der Waals surface area contributed by atoms with Gasteiger partial charge in [-0.2, -0.15) is 0 Å². The molecule has 0 amide bonds. The van der Waals surface area contributed by atoms with E-state index in [2.05, 4.69) is 144 Å². The Labute approximate surface area is 342 Å². The van der Waals surface area contributed by atoms with Crippen molar-refractivity contribution in [3.8, 4) is 5.75 Å². The number of ether oxygens (including phenoxy) is 1. The molecule has 0 radical (unpaired) electrons. The number of benzene rings is 1. The van der Waals surface area contributed by atoms with E-state index in [1.165, 1.54) is 54.4 Å². The third-order valence-corrected chi connectivity index (χ3v) is 15.1. The molecule has 296 valence electrons. The molecule has 4 nitrogen and oxygen atoms in total. The first-order valence-electron chi connectivity index (χ1n) is 22.8. The average Bonchev–Trinajstić information content (AvgIpc) is 3.56. The molecule has 2 aliphatic heterocycles. The van der Waals surface area contributed by atoms with E-state index >= 15 is 0 Å². The molecule has 10 rings (SSSR count). The van der Waals surface area contributed by atoms with Gasteiger partial charge in [0, 0.05) is 16.9 Å². The molecule has 10 unspecified atom stereocenters. The molecular formula is C53H63N3O. The number of fused-ring (bicyclic) bond motifs is 2. The standard InChI is InChI=1S/C53H63N3O/c1-5-17-37(18-6-1)38-29-31-41(32-30-38)51-54-50(40-19-7-2-8-20-40)55-52(56-51)45-24-12-4-11-23-44(45)39-33-35-43(36-34-39)53(42-21-9-3-10-22-42)46-25-13-15-27-48(46)57-49-28-16-14-26-47(49)53/h2-3,5,7,9-10,12-15,17,19,21,24-27,29,31-33,37-38,42-43,47,49-52,54-56H,1,4,6,8,11,16,18,20,22-23,28,30,34-36H2. The first-order valence-corrected chi connectivity index (χ1v) is 22.8. The Morgan fingerprint density at radius 1 is 0.632 bits per heavy atom. The summed E-state index contributed by atoms with van der Waals surface area (Å²) < 4.78 is 6.86. The van der Waals surface area contributed by atoms with Crippen molar-refractivity contribution < 1.29 is 4.74 Å². The van der Waals surface area contributed by atoms with E-state index in [0.29, 0.717) is 29.6 Å². The van der Waals surface area contributed by atoms with Crippen molar-refractivity contribution in [3.63, 3.8) is 0 Å². The van der Waals surface area contributed by atoms with Crippen molar-refractivity contribution in [1.29, 1.82) is 0 Å². The van der Waals surface area contributed by atoms with Gasteiger partial charge in [-0.3, -0.25) is 16.0 Å². The van der Waals surface area contributed by atoms with Gasteiger partial charge in [-0.05, 0) is 154 Å². The van der Waals surface area contributed by atoms with Gasteiger partial charge in [0.25, 0.3) is 0 Å². The number of hydrogen-bond donors (Lipinski definition) is 3. The molecule has 10 atom stereocenters. The van der Waals surface area contributed by atoms with Crippen LogP contribution in [-0.2, 0) is 5.41 Å². The van der Waals surface area contributed by atoms with Crippen molar-refractivity contribution >= 4 is 0 Å². The summed E-state index contributed by atoms with van der Waals surface area (Å²) in [4.78, 5) is 0. The van der Waals surface area contributed by atoms with E-state index in [1.54, 1.807) is 11.1 Å². The highest BCUT2D eigenvalue weighted by molar-refractivity contribution is 5.50. The van der Waals surface area contributed by atoms with Gasteiger partial charge in [0.1, 0.15) is 11.9 Å². The van der Waals surface area contributed by atoms with Crippen molar-refractivity contribution in [1.82, 2.24) is 16.0 Å². The fraction of sp³-hybridized carbons (Fsp3) is 0.472. The minimum absolute atomic E-state index is 0.00850. The van der Waals surface area contributed by atoms with E-state index in [-0.39, 0.29) is 30.0 Å². The molecule has 0 bridgehead atoms. The normalized spacial score (nSPS) is 37.4. The number of rotatable bonds is 7. The molecular weight excluding hydrogens is 695 g/mol. The summed E-state index contributed by atoms with van der Waals surface area (Å²) in [6.45, 7) is 0. The number of nitrogens with one attached hydrogen (secondary N) is 3. The molecule has 1 fully saturated rings. The molecule has 0 saturated carbocycles. The SMILES string of the molecule is C1=CCCC(C2NC(C3=CCC(C4C=CCCC4)C=C3)NC(C3=C(C4=CCC(C5(C6C=CC=CC6)c6ccccc6OC6CCC=CC65)CC4)CCCC=C3)N2)=C1. The van der Waals surface area contributed by atoms with E-state index in [9.17, 15) is 0 Å². The summed E-state index contributed by atoms with van der Waals surface area (Å²) in [5, 5.41) is 12.3. The first-order chi connectivity index (χ1) is 28.3. The van der Waals surface area contributed by atoms with Gasteiger partial charge in [0.15, 0.2) is 0 Å². The zero-order valence-corrected chi connectivity index (χ0v) is 33.8. The molecule has 3 N–H and O–H groups in total. The van der Waals surface area contributed by atoms with Gasteiger partial charge in [0.05, 0.1) is 18.5 Å². The van der Waals surface area contributed by atoms with E-state index in [0.717, 1.165) is 70.0 Å². The summed E-state index contributed by atoms with van der Waals surface area (Å²) in [6.07, 6.45) is 59.4. The van der Waals surface area contributed by atoms with Crippen LogP contribution in [-0.4, -0.2) is 24.6 Å². The van der Waals surface area contributed by atoms with Gasteiger partial charge < -0.3 is 4.74 Å². The second kappa shape index (κ2) is 16.7. The van der Waals surface area contributed by atoms with Gasteiger partial charge in [-0.1, -0.05) is 121 Å². The van der Waals surface area contributed by atoms with Crippen LogP contribution in [0.2, 0.25) is 0 Å². The summed E-state index contributed by atoms with van der Waals surface area (Å²) in [6, 6.07) is 9.11. The van der Waals surface area contributed by atoms with Gasteiger partial charge in [0.2, 0.25) is 0 Å². The molecule has 2 heterocycles. The monoisotopic (exact) mass is 757 g/mol. The Hall–Kier alpha value is -3.96. The van der Waals surface area contributed by atoms with Crippen LogP contribution in [0.15, 0.2) is 155 Å². The van der Waals surface area contributed by atoms with Crippen molar-refractivity contribution in [3.05, 3.63) is 161 Å². The molecule has 0 aromatic heterocycles. The molecule has 57 heavy (non-hydrogen) atoms. The minimum Gasteiger partial charge on any atom is -0.489 e. The highest BCUT2D eigenvalue weighted by Gasteiger charge is 2.57. The maximum absolute atomic E-state index is 6.86. The van der Waals surface area contributed by atoms with Crippen molar-refractivity contribution in [2.45, 2.75) is 126 Å². The summed E-state index contributed by atoms with van der Waals surface area (Å²) in [7, 11) is 0. The van der Waals surface area contributed by atoms with Gasteiger partial charge in [-0.15, -0.1) is 0 Å². The zero-order valence-electron chi connectivity index (χ0n) is 33.8.